The molecular formula is C17H21N3O2S. The van der Waals surface area contributed by atoms with Crippen molar-refractivity contribution in [3.8, 4) is 17.0 Å². The molecule has 2 aromatic heterocycles. The fraction of sp³-hybridized carbons (Fsp3) is 0.353. The van der Waals surface area contributed by atoms with E-state index in [9.17, 15) is 5.11 Å². The van der Waals surface area contributed by atoms with Crippen molar-refractivity contribution in [2.45, 2.75) is 26.0 Å². The van der Waals surface area contributed by atoms with Crippen LogP contribution in [0.25, 0.3) is 21.5 Å². The first-order chi connectivity index (χ1) is 11.1. The number of hydrogen-bond acceptors (Lipinski definition) is 5. The zero-order chi connectivity index (χ0) is 16.2. The second kappa shape index (κ2) is 7.12. The second-order valence-electron chi connectivity index (χ2n) is 5.76. The topological polar surface area (TPSA) is 70.2 Å². The fourth-order valence-electron chi connectivity index (χ4n) is 2.33. The van der Waals surface area contributed by atoms with Crippen molar-refractivity contribution in [1.29, 1.82) is 0 Å². The lowest BCUT2D eigenvalue weighted by atomic mass is 10.1. The summed E-state index contributed by atoms with van der Waals surface area (Å²) in [7, 11) is 0. The highest BCUT2D eigenvalue weighted by molar-refractivity contribution is 7.17. The van der Waals surface area contributed by atoms with E-state index < -0.39 is 6.10 Å². The summed E-state index contributed by atoms with van der Waals surface area (Å²) in [6.45, 7) is 4.85. The van der Waals surface area contributed by atoms with Crippen LogP contribution in [0.3, 0.4) is 0 Å². The van der Waals surface area contributed by atoms with Crippen LogP contribution in [-0.4, -0.2) is 40.6 Å². The minimum absolute atomic E-state index is 0.245. The van der Waals surface area contributed by atoms with Gasteiger partial charge in [-0.3, -0.25) is 5.10 Å². The Hall–Kier alpha value is -1.89. The van der Waals surface area contributed by atoms with Crippen LogP contribution in [0.15, 0.2) is 35.7 Å². The van der Waals surface area contributed by atoms with Crippen molar-refractivity contribution in [3.05, 3.63) is 35.7 Å². The Morgan fingerprint density at radius 1 is 1.30 bits per heavy atom. The molecule has 0 fully saturated rings. The predicted octanol–water partition coefficient (Wildman–Crippen LogP) is 3.03. The van der Waals surface area contributed by atoms with Gasteiger partial charge in [-0.05, 0) is 23.6 Å². The molecule has 0 aliphatic carbocycles. The Balaban J connectivity index is 1.75. The summed E-state index contributed by atoms with van der Waals surface area (Å²) in [4.78, 5) is 0. The lowest BCUT2D eigenvalue weighted by molar-refractivity contribution is 0.105. The number of ether oxygens (including phenoxy) is 1. The van der Waals surface area contributed by atoms with Crippen LogP contribution >= 0.6 is 11.3 Å². The van der Waals surface area contributed by atoms with Crippen molar-refractivity contribution >= 4 is 21.6 Å². The number of hydrogen-bond donors (Lipinski definition) is 3. The van der Waals surface area contributed by atoms with Crippen molar-refractivity contribution in [3.63, 3.8) is 0 Å². The number of fused-ring (bicyclic) bond motifs is 1. The van der Waals surface area contributed by atoms with Crippen LogP contribution in [0.2, 0.25) is 0 Å². The van der Waals surface area contributed by atoms with E-state index in [1.807, 2.05) is 49.6 Å². The summed E-state index contributed by atoms with van der Waals surface area (Å²) >= 11 is 1.65. The van der Waals surface area contributed by atoms with E-state index in [4.69, 9.17) is 4.74 Å². The minimum atomic E-state index is -0.550. The first-order valence-electron chi connectivity index (χ1n) is 7.70. The van der Waals surface area contributed by atoms with Gasteiger partial charge in [0.1, 0.15) is 24.2 Å². The van der Waals surface area contributed by atoms with E-state index in [0.29, 0.717) is 12.6 Å². The van der Waals surface area contributed by atoms with Gasteiger partial charge in [-0.1, -0.05) is 26.0 Å². The number of aliphatic hydroxyl groups is 1. The lowest BCUT2D eigenvalue weighted by Gasteiger charge is -2.16. The van der Waals surface area contributed by atoms with Gasteiger partial charge >= 0.3 is 0 Å². The van der Waals surface area contributed by atoms with E-state index in [-0.39, 0.29) is 6.61 Å². The smallest absolute Gasteiger partial charge is 0.128 e. The van der Waals surface area contributed by atoms with Crippen molar-refractivity contribution in [2.24, 2.45) is 0 Å². The molecule has 1 unspecified atom stereocenters. The molecule has 122 valence electrons. The normalized spacial score (nSPS) is 12.9. The summed E-state index contributed by atoms with van der Waals surface area (Å²) in [6.07, 6.45) is -0.550. The molecule has 0 saturated heterocycles. The van der Waals surface area contributed by atoms with Gasteiger partial charge in [0, 0.05) is 18.2 Å². The van der Waals surface area contributed by atoms with Crippen LogP contribution in [0.4, 0.5) is 0 Å². The van der Waals surface area contributed by atoms with Crippen LogP contribution in [0, 0.1) is 0 Å². The molecule has 0 radical (unpaired) electrons. The second-order valence-corrected chi connectivity index (χ2v) is 6.68. The van der Waals surface area contributed by atoms with E-state index in [0.717, 1.165) is 27.2 Å². The fourth-order valence-corrected chi connectivity index (χ4v) is 3.18. The highest BCUT2D eigenvalue weighted by Gasteiger charge is 2.15. The van der Waals surface area contributed by atoms with E-state index in [2.05, 4.69) is 15.5 Å². The lowest BCUT2D eigenvalue weighted by Crippen LogP contribution is -2.35. The molecule has 1 aromatic carbocycles. The molecule has 23 heavy (non-hydrogen) atoms. The van der Waals surface area contributed by atoms with Gasteiger partial charge in [0.05, 0.1) is 10.2 Å². The molecule has 0 amide bonds. The van der Waals surface area contributed by atoms with Crippen molar-refractivity contribution < 1.29 is 9.84 Å². The van der Waals surface area contributed by atoms with Crippen LogP contribution in [0.1, 0.15) is 13.8 Å². The maximum Gasteiger partial charge on any atom is 0.128 e. The zero-order valence-corrected chi connectivity index (χ0v) is 14.1. The first-order valence-corrected chi connectivity index (χ1v) is 8.58. The summed E-state index contributed by atoms with van der Waals surface area (Å²) < 4.78 is 6.96. The maximum absolute atomic E-state index is 10.0. The number of aliphatic hydroxyl groups excluding tert-OH is 1. The molecular weight excluding hydrogens is 310 g/mol. The average molecular weight is 331 g/mol. The maximum atomic E-state index is 10.0. The minimum Gasteiger partial charge on any atom is -0.490 e. The number of para-hydroxylation sites is 1. The number of aromatic amines is 1. The molecule has 2 heterocycles. The molecule has 0 aliphatic heterocycles. The zero-order valence-electron chi connectivity index (χ0n) is 13.2. The monoisotopic (exact) mass is 331 g/mol. The molecule has 0 aliphatic rings. The highest BCUT2D eigenvalue weighted by Crippen LogP contribution is 2.35. The Labute approximate surface area is 139 Å². The van der Waals surface area contributed by atoms with Crippen LogP contribution in [0.5, 0.6) is 5.75 Å². The molecule has 1 atom stereocenters. The average Bonchev–Trinajstić information content (AvgIpc) is 3.14. The Morgan fingerprint density at radius 3 is 2.96 bits per heavy atom. The van der Waals surface area contributed by atoms with E-state index in [1.165, 1.54) is 0 Å². The van der Waals surface area contributed by atoms with Gasteiger partial charge in [-0.15, -0.1) is 11.3 Å². The van der Waals surface area contributed by atoms with Gasteiger partial charge < -0.3 is 15.2 Å². The standard InChI is InChI=1S/C17H21N3O2S/c1-11(2)18-9-12(21)10-22-15-6-4-3-5-13(15)16-17-14(19-20-16)7-8-23-17/h3-8,11-12,18,21H,9-10H2,1-2H3,(H,19,20). The molecule has 3 rings (SSSR count). The summed E-state index contributed by atoms with van der Waals surface area (Å²) in [6, 6.07) is 10.1. The molecule has 0 saturated carbocycles. The quantitative estimate of drug-likeness (QED) is 0.622. The van der Waals surface area contributed by atoms with Crippen molar-refractivity contribution in [2.75, 3.05) is 13.2 Å². The summed E-state index contributed by atoms with van der Waals surface area (Å²) in [5.41, 5.74) is 2.85. The third kappa shape index (κ3) is 3.72. The predicted molar refractivity (Wildman–Crippen MR) is 94.0 cm³/mol. The molecule has 6 heteroatoms. The number of benzene rings is 1. The highest BCUT2D eigenvalue weighted by atomic mass is 32.1. The number of nitrogens with one attached hydrogen (secondary N) is 2. The molecule has 0 bridgehead atoms. The van der Waals surface area contributed by atoms with Crippen LogP contribution in [-0.2, 0) is 0 Å². The molecule has 3 N–H and O–H groups in total. The van der Waals surface area contributed by atoms with Crippen molar-refractivity contribution in [1.82, 2.24) is 15.5 Å². The van der Waals surface area contributed by atoms with Gasteiger partial charge in [0.2, 0.25) is 0 Å². The third-order valence-corrected chi connectivity index (χ3v) is 4.42. The third-order valence-electron chi connectivity index (χ3n) is 3.50. The largest absolute Gasteiger partial charge is 0.490 e. The number of rotatable bonds is 7. The number of aromatic nitrogens is 2. The molecule has 0 spiro atoms. The van der Waals surface area contributed by atoms with Gasteiger partial charge in [-0.25, -0.2) is 0 Å². The SMILES string of the molecule is CC(C)NCC(O)COc1ccccc1-c1n[nH]c2ccsc12. The number of H-pyrrole nitrogens is 1. The Morgan fingerprint density at radius 2 is 2.13 bits per heavy atom. The molecule has 3 aromatic rings. The Bertz CT molecular complexity index is 766. The number of nitrogens with zero attached hydrogens (tertiary/aromatic N) is 1. The molecule has 5 nitrogen and oxygen atoms in total. The Kier molecular flexibility index (Phi) is 4.95. The summed E-state index contributed by atoms with van der Waals surface area (Å²) in [5.74, 6) is 0.734. The summed E-state index contributed by atoms with van der Waals surface area (Å²) in [5, 5.41) is 22.7. The van der Waals surface area contributed by atoms with Gasteiger partial charge in [0.25, 0.3) is 0 Å². The first kappa shape index (κ1) is 16.0. The van der Waals surface area contributed by atoms with Crippen LogP contribution < -0.4 is 10.1 Å². The number of thiophene rings is 1. The van der Waals surface area contributed by atoms with Gasteiger partial charge in [-0.2, -0.15) is 5.10 Å². The van der Waals surface area contributed by atoms with Gasteiger partial charge in [0.15, 0.2) is 0 Å². The van der Waals surface area contributed by atoms with E-state index in [1.54, 1.807) is 11.3 Å². The van der Waals surface area contributed by atoms with E-state index >= 15 is 0 Å².